The molecule has 0 aliphatic carbocycles. The molecular weight excluding hydrogens is 288 g/mol. The molecule has 6 heteroatoms. The summed E-state index contributed by atoms with van der Waals surface area (Å²) in [6.07, 6.45) is 1.52. The maximum atomic E-state index is 12.4. The minimum absolute atomic E-state index is 0.0340. The van der Waals surface area contributed by atoms with Crippen LogP contribution in [-0.4, -0.2) is 41.1 Å². The molecule has 3 N–H and O–H groups in total. The summed E-state index contributed by atoms with van der Waals surface area (Å²) in [6, 6.07) is 4.68. The number of amides is 1. The smallest absolute Gasteiger partial charge is 0.253 e. The van der Waals surface area contributed by atoms with Crippen molar-refractivity contribution in [2.45, 2.75) is 19.8 Å². The van der Waals surface area contributed by atoms with Crippen LogP contribution in [0.4, 0.5) is 0 Å². The molecule has 2 rings (SSSR count). The van der Waals surface area contributed by atoms with E-state index in [0.29, 0.717) is 29.4 Å². The van der Waals surface area contributed by atoms with Gasteiger partial charge in [0.15, 0.2) is 11.5 Å². The van der Waals surface area contributed by atoms with Crippen molar-refractivity contribution < 1.29 is 14.6 Å². The number of ether oxygens (including phenoxy) is 1. The summed E-state index contributed by atoms with van der Waals surface area (Å²) in [5, 5.41) is 9.77. The van der Waals surface area contributed by atoms with Crippen LogP contribution in [0.3, 0.4) is 0 Å². The monoisotopic (exact) mass is 308 g/mol. The molecule has 5 nitrogen and oxygen atoms in total. The van der Waals surface area contributed by atoms with E-state index in [1.54, 1.807) is 17.0 Å². The van der Waals surface area contributed by atoms with Crippen LogP contribution in [0.15, 0.2) is 18.2 Å². The Labute approximate surface area is 129 Å². The van der Waals surface area contributed by atoms with Crippen LogP contribution >= 0.6 is 12.2 Å². The first-order valence-corrected chi connectivity index (χ1v) is 7.24. The number of carbonyl (C=O) groups is 1. The molecule has 0 radical (unpaired) electrons. The highest BCUT2D eigenvalue weighted by Gasteiger charge is 2.34. The molecule has 1 saturated heterocycles. The molecule has 0 atom stereocenters. The van der Waals surface area contributed by atoms with E-state index in [-0.39, 0.29) is 17.1 Å². The molecule has 0 aromatic heterocycles. The van der Waals surface area contributed by atoms with Gasteiger partial charge in [-0.05, 0) is 31.0 Å². The normalized spacial score (nSPS) is 17.3. The van der Waals surface area contributed by atoms with Crippen LogP contribution in [-0.2, 0) is 0 Å². The average molecular weight is 308 g/mol. The average Bonchev–Trinajstić information content (AvgIpc) is 2.47. The fourth-order valence-corrected chi connectivity index (χ4v) is 2.66. The number of likely N-dealkylation sites (tertiary alicyclic amines) is 1. The molecule has 1 heterocycles. The SMILES string of the molecule is COc1ccc(C(=O)N2CCC(C)(C(N)=S)CC2)cc1O. The Hall–Kier alpha value is -1.82. The highest BCUT2D eigenvalue weighted by atomic mass is 32.1. The van der Waals surface area contributed by atoms with Gasteiger partial charge in [-0.2, -0.15) is 0 Å². The lowest BCUT2D eigenvalue weighted by Crippen LogP contribution is -2.46. The van der Waals surface area contributed by atoms with Gasteiger partial charge in [0.05, 0.1) is 12.1 Å². The number of benzene rings is 1. The van der Waals surface area contributed by atoms with Crippen molar-refractivity contribution in [3.63, 3.8) is 0 Å². The van der Waals surface area contributed by atoms with Crippen molar-refractivity contribution in [3.8, 4) is 11.5 Å². The standard InChI is InChI=1S/C15H20N2O3S/c1-15(14(16)21)5-7-17(8-6-15)13(19)10-3-4-12(20-2)11(18)9-10/h3-4,9,18H,5-8H2,1-2H3,(H2,16,21). The second-order valence-electron chi connectivity index (χ2n) is 5.60. The molecular formula is C15H20N2O3S. The van der Waals surface area contributed by atoms with Crippen molar-refractivity contribution in [1.82, 2.24) is 4.90 Å². The number of phenolic OH excluding ortho intramolecular Hbond substituents is 1. The predicted octanol–water partition coefficient (Wildman–Crippen LogP) is 1.93. The third kappa shape index (κ3) is 3.10. The van der Waals surface area contributed by atoms with Gasteiger partial charge in [0.2, 0.25) is 0 Å². The second kappa shape index (κ2) is 5.89. The zero-order valence-corrected chi connectivity index (χ0v) is 13.1. The van der Waals surface area contributed by atoms with Crippen LogP contribution in [0.1, 0.15) is 30.1 Å². The van der Waals surface area contributed by atoms with Crippen LogP contribution in [0.25, 0.3) is 0 Å². The van der Waals surface area contributed by atoms with Crippen LogP contribution in [0.5, 0.6) is 11.5 Å². The molecule has 21 heavy (non-hydrogen) atoms. The van der Waals surface area contributed by atoms with E-state index in [1.165, 1.54) is 13.2 Å². The number of thiocarbonyl (C=S) groups is 1. The number of hydrogen-bond acceptors (Lipinski definition) is 4. The first-order valence-electron chi connectivity index (χ1n) is 6.83. The first kappa shape index (κ1) is 15.6. The number of aromatic hydroxyl groups is 1. The van der Waals surface area contributed by atoms with E-state index in [1.807, 2.05) is 6.92 Å². The molecule has 0 spiro atoms. The van der Waals surface area contributed by atoms with Gasteiger partial charge in [-0.15, -0.1) is 0 Å². The van der Waals surface area contributed by atoms with E-state index in [9.17, 15) is 9.90 Å². The molecule has 1 amide bonds. The lowest BCUT2D eigenvalue weighted by atomic mass is 9.80. The fourth-order valence-electron chi connectivity index (χ4n) is 2.46. The van der Waals surface area contributed by atoms with E-state index in [4.69, 9.17) is 22.7 Å². The number of nitrogens with zero attached hydrogens (tertiary/aromatic N) is 1. The summed E-state index contributed by atoms with van der Waals surface area (Å²) in [5.41, 5.74) is 6.05. The molecule has 1 fully saturated rings. The topological polar surface area (TPSA) is 75.8 Å². The molecule has 114 valence electrons. The van der Waals surface area contributed by atoms with Gasteiger partial charge in [-0.25, -0.2) is 0 Å². The van der Waals surface area contributed by atoms with E-state index < -0.39 is 0 Å². The second-order valence-corrected chi connectivity index (χ2v) is 6.04. The zero-order valence-electron chi connectivity index (χ0n) is 12.3. The van der Waals surface area contributed by atoms with Crippen molar-refractivity contribution in [3.05, 3.63) is 23.8 Å². The Kier molecular flexibility index (Phi) is 4.37. The van der Waals surface area contributed by atoms with Gasteiger partial charge >= 0.3 is 0 Å². The van der Waals surface area contributed by atoms with Crippen molar-refractivity contribution in [2.24, 2.45) is 11.1 Å². The van der Waals surface area contributed by atoms with E-state index in [0.717, 1.165) is 12.8 Å². The predicted molar refractivity (Wildman–Crippen MR) is 84.7 cm³/mol. The lowest BCUT2D eigenvalue weighted by Gasteiger charge is -2.38. The summed E-state index contributed by atoms with van der Waals surface area (Å²) < 4.78 is 4.98. The molecule has 0 unspecified atom stereocenters. The minimum Gasteiger partial charge on any atom is -0.504 e. The number of carbonyl (C=O) groups excluding carboxylic acids is 1. The Morgan fingerprint density at radius 2 is 2.05 bits per heavy atom. The van der Waals surface area contributed by atoms with Gasteiger partial charge in [0.25, 0.3) is 5.91 Å². The number of hydrogen-bond donors (Lipinski definition) is 2. The van der Waals surface area contributed by atoms with Gasteiger partial charge in [0, 0.05) is 24.1 Å². The van der Waals surface area contributed by atoms with Crippen LogP contribution < -0.4 is 10.5 Å². The maximum absolute atomic E-state index is 12.4. The summed E-state index contributed by atoms with van der Waals surface area (Å²) >= 11 is 5.10. The van der Waals surface area contributed by atoms with Gasteiger partial charge in [0.1, 0.15) is 0 Å². The maximum Gasteiger partial charge on any atom is 0.253 e. The molecule has 1 aliphatic rings. The molecule has 1 aromatic rings. The number of rotatable bonds is 3. The van der Waals surface area contributed by atoms with Crippen molar-refractivity contribution >= 4 is 23.1 Å². The van der Waals surface area contributed by atoms with Gasteiger partial charge in [-0.3, -0.25) is 4.79 Å². The molecule has 1 aromatic carbocycles. The largest absolute Gasteiger partial charge is 0.504 e. The van der Waals surface area contributed by atoms with Gasteiger partial charge < -0.3 is 20.5 Å². The fraction of sp³-hybridized carbons (Fsp3) is 0.467. The van der Waals surface area contributed by atoms with E-state index in [2.05, 4.69) is 0 Å². The van der Waals surface area contributed by atoms with Crippen LogP contribution in [0.2, 0.25) is 0 Å². The van der Waals surface area contributed by atoms with Crippen molar-refractivity contribution in [1.29, 1.82) is 0 Å². The quantitative estimate of drug-likeness (QED) is 0.835. The molecule has 0 bridgehead atoms. The van der Waals surface area contributed by atoms with Gasteiger partial charge in [-0.1, -0.05) is 19.1 Å². The summed E-state index contributed by atoms with van der Waals surface area (Å²) in [4.78, 5) is 14.7. The number of nitrogens with two attached hydrogens (primary N) is 1. The minimum atomic E-state index is -0.172. The zero-order chi connectivity index (χ0) is 15.6. The molecule has 1 aliphatic heterocycles. The Bertz CT molecular complexity index is 566. The highest BCUT2D eigenvalue weighted by molar-refractivity contribution is 7.80. The Morgan fingerprint density at radius 3 is 2.52 bits per heavy atom. The summed E-state index contributed by atoms with van der Waals surface area (Å²) in [6.45, 7) is 3.26. The Balaban J connectivity index is 2.09. The summed E-state index contributed by atoms with van der Waals surface area (Å²) in [7, 11) is 1.47. The third-order valence-electron chi connectivity index (χ3n) is 4.17. The highest BCUT2D eigenvalue weighted by Crippen LogP contribution is 2.32. The van der Waals surface area contributed by atoms with Crippen LogP contribution in [0, 0.1) is 5.41 Å². The molecule has 0 saturated carbocycles. The number of methoxy groups -OCH3 is 1. The first-order chi connectivity index (χ1) is 9.87. The van der Waals surface area contributed by atoms with E-state index >= 15 is 0 Å². The Morgan fingerprint density at radius 1 is 1.43 bits per heavy atom. The van der Waals surface area contributed by atoms with Crippen molar-refractivity contribution in [2.75, 3.05) is 20.2 Å². The number of piperidine rings is 1. The third-order valence-corrected chi connectivity index (χ3v) is 4.67. The lowest BCUT2D eigenvalue weighted by molar-refractivity contribution is 0.0670. The number of phenols is 1. The summed E-state index contributed by atoms with van der Waals surface area (Å²) in [5.74, 6) is 0.220.